The van der Waals surface area contributed by atoms with Crippen LogP contribution >= 0.6 is 0 Å². The van der Waals surface area contributed by atoms with Gasteiger partial charge in [-0.15, -0.1) is 0 Å². The van der Waals surface area contributed by atoms with Crippen molar-refractivity contribution in [1.82, 2.24) is 4.90 Å². The molecule has 1 rings (SSSR count). The van der Waals surface area contributed by atoms with Gasteiger partial charge in [0.05, 0.1) is 17.9 Å². The Hall–Kier alpha value is -1.10. The molecule has 5 nitrogen and oxygen atoms in total. The van der Waals surface area contributed by atoms with Gasteiger partial charge >= 0.3 is 5.97 Å². The molecule has 5 heteroatoms. The maximum absolute atomic E-state index is 12.3. The number of rotatable bonds is 7. The number of carboxylic acid groups (broad SMARTS) is 1. The zero-order chi connectivity index (χ0) is 15.3. The molecule has 2 atom stereocenters. The van der Waals surface area contributed by atoms with Crippen LogP contribution in [-0.4, -0.2) is 45.7 Å². The quantitative estimate of drug-likeness (QED) is 0.748. The zero-order valence-corrected chi connectivity index (χ0v) is 12.8. The summed E-state index contributed by atoms with van der Waals surface area (Å²) < 4.78 is 0. The van der Waals surface area contributed by atoms with Crippen molar-refractivity contribution in [3.63, 3.8) is 0 Å². The summed E-state index contributed by atoms with van der Waals surface area (Å²) in [6, 6.07) is 0. The van der Waals surface area contributed by atoms with Gasteiger partial charge in [-0.1, -0.05) is 33.6 Å². The fraction of sp³-hybridized carbons (Fsp3) is 0.867. The lowest BCUT2D eigenvalue weighted by Gasteiger charge is -2.29. The number of likely N-dealkylation sites (tertiary alicyclic amines) is 1. The van der Waals surface area contributed by atoms with Crippen LogP contribution in [-0.2, 0) is 9.59 Å². The monoisotopic (exact) mass is 285 g/mol. The van der Waals surface area contributed by atoms with Crippen molar-refractivity contribution < 1.29 is 19.8 Å². The number of aliphatic hydroxyl groups is 1. The molecular weight excluding hydrogens is 258 g/mol. The molecule has 0 radical (unpaired) electrons. The number of carboxylic acids is 1. The van der Waals surface area contributed by atoms with E-state index in [9.17, 15) is 14.7 Å². The van der Waals surface area contributed by atoms with E-state index in [1.165, 1.54) is 0 Å². The topological polar surface area (TPSA) is 77.8 Å². The number of amides is 1. The Morgan fingerprint density at radius 1 is 1.20 bits per heavy atom. The number of nitrogens with zero attached hydrogens (tertiary/aromatic N) is 1. The Balaban J connectivity index is 2.64. The molecule has 0 aromatic rings. The standard InChI is InChI=1S/C15H27NO4/c1-4-6-15(20,7-5-2)8-13(17)16-9-11(3)12(10-16)14(18)19/h11-12,20H,4-10H2,1-3H3,(H,18,19)/t11-,12-/m1/s1. The molecule has 1 fully saturated rings. The minimum absolute atomic E-state index is 0.0260. The Kier molecular flexibility index (Phi) is 5.99. The Labute approximate surface area is 121 Å². The van der Waals surface area contributed by atoms with Crippen LogP contribution in [0.15, 0.2) is 0 Å². The van der Waals surface area contributed by atoms with Crippen molar-refractivity contribution in [2.75, 3.05) is 13.1 Å². The molecule has 116 valence electrons. The maximum atomic E-state index is 12.3. The lowest BCUT2D eigenvalue weighted by Crippen LogP contribution is -2.39. The summed E-state index contributed by atoms with van der Waals surface area (Å²) in [4.78, 5) is 25.0. The van der Waals surface area contributed by atoms with Crippen molar-refractivity contribution in [2.24, 2.45) is 11.8 Å². The molecule has 1 amide bonds. The van der Waals surface area contributed by atoms with Gasteiger partial charge < -0.3 is 15.1 Å². The molecule has 0 unspecified atom stereocenters. The Bertz CT molecular complexity index is 350. The first-order chi connectivity index (χ1) is 9.33. The summed E-state index contributed by atoms with van der Waals surface area (Å²) in [6.07, 6.45) is 2.99. The van der Waals surface area contributed by atoms with E-state index in [-0.39, 0.29) is 24.8 Å². The molecular formula is C15H27NO4. The van der Waals surface area contributed by atoms with Crippen LogP contribution in [0.2, 0.25) is 0 Å². The van der Waals surface area contributed by atoms with E-state index in [4.69, 9.17) is 5.11 Å². The summed E-state index contributed by atoms with van der Waals surface area (Å²) in [5, 5.41) is 19.6. The molecule has 0 aromatic heterocycles. The molecule has 0 aliphatic carbocycles. The molecule has 0 aromatic carbocycles. The number of carbonyl (C=O) groups is 2. The molecule has 1 aliphatic rings. The van der Waals surface area contributed by atoms with E-state index in [1.54, 1.807) is 4.90 Å². The third-order valence-corrected chi connectivity index (χ3v) is 4.19. The smallest absolute Gasteiger partial charge is 0.308 e. The second-order valence-electron chi connectivity index (χ2n) is 6.12. The molecule has 1 heterocycles. The minimum Gasteiger partial charge on any atom is -0.481 e. The van der Waals surface area contributed by atoms with E-state index < -0.39 is 17.5 Å². The maximum Gasteiger partial charge on any atom is 0.308 e. The van der Waals surface area contributed by atoms with Crippen molar-refractivity contribution in [1.29, 1.82) is 0 Å². The second kappa shape index (κ2) is 7.07. The predicted octanol–water partition coefficient (Wildman–Crippen LogP) is 1.89. The van der Waals surface area contributed by atoms with Gasteiger partial charge in [0.15, 0.2) is 0 Å². The summed E-state index contributed by atoms with van der Waals surface area (Å²) in [6.45, 7) is 6.58. The molecule has 1 aliphatic heterocycles. The van der Waals surface area contributed by atoms with Crippen LogP contribution in [0.25, 0.3) is 0 Å². The lowest BCUT2D eigenvalue weighted by atomic mass is 9.89. The van der Waals surface area contributed by atoms with Gasteiger partial charge in [0.2, 0.25) is 5.91 Å². The van der Waals surface area contributed by atoms with Gasteiger partial charge in [0.1, 0.15) is 0 Å². The lowest BCUT2D eigenvalue weighted by molar-refractivity contribution is -0.142. The highest BCUT2D eigenvalue weighted by Gasteiger charge is 2.39. The first-order valence-corrected chi connectivity index (χ1v) is 7.56. The highest BCUT2D eigenvalue weighted by atomic mass is 16.4. The molecule has 0 spiro atoms. The second-order valence-corrected chi connectivity index (χ2v) is 6.12. The van der Waals surface area contributed by atoms with Gasteiger partial charge in [-0.2, -0.15) is 0 Å². The predicted molar refractivity (Wildman–Crippen MR) is 76.3 cm³/mol. The van der Waals surface area contributed by atoms with Gasteiger partial charge in [0.25, 0.3) is 0 Å². The third-order valence-electron chi connectivity index (χ3n) is 4.19. The first-order valence-electron chi connectivity index (χ1n) is 7.56. The van der Waals surface area contributed by atoms with Crippen LogP contribution in [0.5, 0.6) is 0 Å². The van der Waals surface area contributed by atoms with Crippen LogP contribution in [0.1, 0.15) is 52.9 Å². The number of hydrogen-bond acceptors (Lipinski definition) is 3. The molecule has 0 bridgehead atoms. The Morgan fingerprint density at radius 2 is 1.75 bits per heavy atom. The molecule has 20 heavy (non-hydrogen) atoms. The summed E-state index contributed by atoms with van der Waals surface area (Å²) >= 11 is 0. The fourth-order valence-electron chi connectivity index (χ4n) is 3.12. The van der Waals surface area contributed by atoms with Crippen molar-refractivity contribution in [3.05, 3.63) is 0 Å². The van der Waals surface area contributed by atoms with E-state index in [2.05, 4.69) is 0 Å². The fourth-order valence-corrected chi connectivity index (χ4v) is 3.12. The largest absolute Gasteiger partial charge is 0.481 e. The zero-order valence-electron chi connectivity index (χ0n) is 12.8. The van der Waals surface area contributed by atoms with Gasteiger partial charge in [-0.25, -0.2) is 0 Å². The number of hydrogen-bond donors (Lipinski definition) is 2. The molecule has 1 saturated heterocycles. The van der Waals surface area contributed by atoms with E-state index >= 15 is 0 Å². The van der Waals surface area contributed by atoms with Gasteiger partial charge in [0, 0.05) is 13.1 Å². The molecule has 0 saturated carbocycles. The highest BCUT2D eigenvalue weighted by Crippen LogP contribution is 2.28. The highest BCUT2D eigenvalue weighted by molar-refractivity contribution is 5.79. The number of carbonyl (C=O) groups excluding carboxylic acids is 1. The summed E-state index contributed by atoms with van der Waals surface area (Å²) in [7, 11) is 0. The Morgan fingerprint density at radius 3 is 2.15 bits per heavy atom. The summed E-state index contributed by atoms with van der Waals surface area (Å²) in [5.41, 5.74) is -0.939. The van der Waals surface area contributed by atoms with E-state index in [1.807, 2.05) is 20.8 Å². The molecule has 2 N–H and O–H groups in total. The third kappa shape index (κ3) is 4.20. The minimum atomic E-state index is -0.939. The van der Waals surface area contributed by atoms with Crippen molar-refractivity contribution in [3.8, 4) is 0 Å². The van der Waals surface area contributed by atoms with Crippen molar-refractivity contribution >= 4 is 11.9 Å². The normalized spacial score (nSPS) is 23.1. The first kappa shape index (κ1) is 17.0. The van der Waals surface area contributed by atoms with Gasteiger partial charge in [-0.05, 0) is 18.8 Å². The SMILES string of the molecule is CCCC(O)(CCC)CC(=O)N1C[C@@H](C)[C@H](C(=O)O)C1. The van der Waals surface area contributed by atoms with E-state index in [0.29, 0.717) is 19.4 Å². The average molecular weight is 285 g/mol. The van der Waals surface area contributed by atoms with Crippen LogP contribution in [0.3, 0.4) is 0 Å². The summed E-state index contributed by atoms with van der Waals surface area (Å²) in [5.74, 6) is -1.47. The average Bonchev–Trinajstić information content (AvgIpc) is 2.71. The van der Waals surface area contributed by atoms with Crippen LogP contribution in [0.4, 0.5) is 0 Å². The van der Waals surface area contributed by atoms with Gasteiger partial charge in [-0.3, -0.25) is 9.59 Å². The van der Waals surface area contributed by atoms with E-state index in [0.717, 1.165) is 12.8 Å². The van der Waals surface area contributed by atoms with Crippen LogP contribution < -0.4 is 0 Å². The number of aliphatic carboxylic acids is 1. The van der Waals surface area contributed by atoms with Crippen LogP contribution in [0, 0.1) is 11.8 Å². The van der Waals surface area contributed by atoms with Crippen molar-refractivity contribution in [2.45, 2.75) is 58.5 Å².